The van der Waals surface area contributed by atoms with Crippen molar-refractivity contribution >= 4 is 0 Å². The Hall–Kier alpha value is -0.860. The number of aryl methyl sites for hydroxylation is 1. The summed E-state index contributed by atoms with van der Waals surface area (Å²) in [6.07, 6.45) is 8.24. The fourth-order valence-corrected chi connectivity index (χ4v) is 3.99. The Labute approximate surface area is 130 Å². The molecule has 1 atom stereocenters. The maximum Gasteiger partial charge on any atom is 0.00219 e. The molecule has 2 nitrogen and oxygen atoms in total. The molecule has 0 aliphatic carbocycles. The number of rotatable bonds is 6. The average Bonchev–Trinajstić information content (AvgIpc) is 3.02. The Bertz CT molecular complexity index is 397. The van der Waals surface area contributed by atoms with Gasteiger partial charge in [0.2, 0.25) is 0 Å². The van der Waals surface area contributed by atoms with Gasteiger partial charge in [-0.05, 0) is 76.2 Å². The molecule has 0 bridgehead atoms. The number of piperidine rings is 1. The van der Waals surface area contributed by atoms with Crippen molar-refractivity contribution in [3.8, 4) is 0 Å². The molecule has 0 unspecified atom stereocenters. The summed E-state index contributed by atoms with van der Waals surface area (Å²) in [5.41, 5.74) is 1.49. The second-order valence-electron chi connectivity index (χ2n) is 6.91. The maximum atomic E-state index is 2.72. The summed E-state index contributed by atoms with van der Waals surface area (Å²) in [5.74, 6) is 0.925. The predicted molar refractivity (Wildman–Crippen MR) is 89.6 cm³/mol. The molecule has 116 valence electrons. The maximum absolute atomic E-state index is 2.72. The average molecular weight is 286 g/mol. The van der Waals surface area contributed by atoms with Gasteiger partial charge in [0.15, 0.2) is 0 Å². The molecule has 0 radical (unpaired) electrons. The van der Waals surface area contributed by atoms with Crippen LogP contribution >= 0.6 is 0 Å². The van der Waals surface area contributed by atoms with Crippen molar-refractivity contribution in [2.75, 3.05) is 39.3 Å². The van der Waals surface area contributed by atoms with Crippen molar-refractivity contribution in [3.05, 3.63) is 35.9 Å². The number of nitrogens with zero attached hydrogens (tertiary/aromatic N) is 2. The van der Waals surface area contributed by atoms with E-state index in [1.165, 1.54) is 83.4 Å². The predicted octanol–water partition coefficient (Wildman–Crippen LogP) is 3.43. The van der Waals surface area contributed by atoms with Crippen LogP contribution in [-0.4, -0.2) is 49.1 Å². The zero-order valence-corrected chi connectivity index (χ0v) is 13.3. The lowest BCUT2D eigenvalue weighted by Crippen LogP contribution is -2.40. The number of hydrogen-bond donors (Lipinski definition) is 0. The van der Waals surface area contributed by atoms with Crippen LogP contribution in [0.5, 0.6) is 0 Å². The van der Waals surface area contributed by atoms with Gasteiger partial charge in [-0.1, -0.05) is 30.3 Å². The molecule has 2 saturated heterocycles. The molecule has 1 aromatic carbocycles. The van der Waals surface area contributed by atoms with Crippen LogP contribution in [0.4, 0.5) is 0 Å². The van der Waals surface area contributed by atoms with Crippen molar-refractivity contribution in [3.63, 3.8) is 0 Å². The van der Waals surface area contributed by atoms with E-state index < -0.39 is 0 Å². The Kier molecular flexibility index (Phi) is 5.70. The second-order valence-corrected chi connectivity index (χ2v) is 6.91. The summed E-state index contributed by atoms with van der Waals surface area (Å²) >= 11 is 0. The van der Waals surface area contributed by atoms with Gasteiger partial charge in [0.05, 0.1) is 0 Å². The van der Waals surface area contributed by atoms with Gasteiger partial charge in [0.25, 0.3) is 0 Å². The first-order valence-electron chi connectivity index (χ1n) is 8.89. The zero-order valence-electron chi connectivity index (χ0n) is 13.3. The van der Waals surface area contributed by atoms with Crippen LogP contribution in [0.2, 0.25) is 0 Å². The Balaban J connectivity index is 1.37. The summed E-state index contributed by atoms with van der Waals surface area (Å²) in [6.45, 7) is 8.01. The van der Waals surface area contributed by atoms with Gasteiger partial charge in [0, 0.05) is 13.1 Å². The van der Waals surface area contributed by atoms with Crippen molar-refractivity contribution in [1.29, 1.82) is 0 Å². The molecule has 2 heterocycles. The minimum absolute atomic E-state index is 0.925. The van der Waals surface area contributed by atoms with Gasteiger partial charge in [-0.3, -0.25) is 0 Å². The fourth-order valence-electron chi connectivity index (χ4n) is 3.99. The van der Waals surface area contributed by atoms with Gasteiger partial charge in [-0.2, -0.15) is 0 Å². The lowest BCUT2D eigenvalue weighted by Gasteiger charge is -2.34. The van der Waals surface area contributed by atoms with Crippen LogP contribution in [0.25, 0.3) is 0 Å². The largest absolute Gasteiger partial charge is 0.303 e. The number of likely N-dealkylation sites (tertiary alicyclic amines) is 2. The van der Waals surface area contributed by atoms with Crippen molar-refractivity contribution < 1.29 is 0 Å². The summed E-state index contributed by atoms with van der Waals surface area (Å²) in [7, 11) is 0. The monoisotopic (exact) mass is 286 g/mol. The molecule has 3 rings (SSSR count). The fraction of sp³-hybridized carbons (Fsp3) is 0.684. The van der Waals surface area contributed by atoms with Gasteiger partial charge in [0.1, 0.15) is 0 Å². The molecular formula is C19H30N2. The van der Waals surface area contributed by atoms with Crippen LogP contribution in [0.1, 0.15) is 37.7 Å². The Morgan fingerprint density at radius 2 is 1.67 bits per heavy atom. The molecule has 0 saturated carbocycles. The molecule has 2 fully saturated rings. The van der Waals surface area contributed by atoms with E-state index in [0.717, 1.165) is 5.92 Å². The highest BCUT2D eigenvalue weighted by Gasteiger charge is 2.23. The van der Waals surface area contributed by atoms with E-state index in [1.54, 1.807) is 0 Å². The third kappa shape index (κ3) is 4.82. The topological polar surface area (TPSA) is 6.48 Å². The third-order valence-electron chi connectivity index (χ3n) is 5.10. The Morgan fingerprint density at radius 3 is 2.48 bits per heavy atom. The van der Waals surface area contributed by atoms with Crippen molar-refractivity contribution in [1.82, 2.24) is 9.80 Å². The molecule has 2 aliphatic rings. The summed E-state index contributed by atoms with van der Waals surface area (Å²) in [6, 6.07) is 10.9. The van der Waals surface area contributed by atoms with Crippen molar-refractivity contribution in [2.45, 2.75) is 38.5 Å². The van der Waals surface area contributed by atoms with Crippen LogP contribution in [0.15, 0.2) is 30.3 Å². The van der Waals surface area contributed by atoms with Gasteiger partial charge >= 0.3 is 0 Å². The van der Waals surface area contributed by atoms with Crippen LogP contribution < -0.4 is 0 Å². The van der Waals surface area contributed by atoms with E-state index in [0.29, 0.717) is 0 Å². The van der Waals surface area contributed by atoms with Crippen LogP contribution in [0.3, 0.4) is 0 Å². The van der Waals surface area contributed by atoms with E-state index in [4.69, 9.17) is 0 Å². The standard InChI is InChI=1S/C19H30N2/c1-2-8-18(9-3-1)10-6-14-21-15-7-11-19(17-21)16-20-12-4-5-13-20/h1-3,8-9,19H,4-7,10-17H2/t19-/m1/s1. The van der Waals surface area contributed by atoms with E-state index in [-0.39, 0.29) is 0 Å². The molecule has 0 N–H and O–H groups in total. The smallest absolute Gasteiger partial charge is 0.00219 e. The normalized spacial score (nSPS) is 24.5. The SMILES string of the molecule is c1ccc(CCCN2CCC[C@H](CN3CCCC3)C2)cc1. The first-order valence-corrected chi connectivity index (χ1v) is 8.89. The summed E-state index contributed by atoms with van der Waals surface area (Å²) in [5, 5.41) is 0. The minimum Gasteiger partial charge on any atom is -0.303 e. The lowest BCUT2D eigenvalue weighted by molar-refractivity contribution is 0.142. The van der Waals surface area contributed by atoms with Gasteiger partial charge in [-0.15, -0.1) is 0 Å². The highest BCUT2D eigenvalue weighted by atomic mass is 15.2. The molecule has 0 amide bonds. The van der Waals surface area contributed by atoms with E-state index in [1.807, 2.05) is 0 Å². The second kappa shape index (κ2) is 7.95. The Morgan fingerprint density at radius 1 is 0.905 bits per heavy atom. The summed E-state index contributed by atoms with van der Waals surface area (Å²) < 4.78 is 0. The number of benzene rings is 1. The highest BCUT2D eigenvalue weighted by Crippen LogP contribution is 2.20. The lowest BCUT2D eigenvalue weighted by atomic mass is 9.97. The molecule has 1 aromatic rings. The zero-order chi connectivity index (χ0) is 14.3. The quantitative estimate of drug-likeness (QED) is 0.790. The molecule has 21 heavy (non-hydrogen) atoms. The van der Waals surface area contributed by atoms with Crippen molar-refractivity contribution in [2.24, 2.45) is 5.92 Å². The van der Waals surface area contributed by atoms with E-state index in [9.17, 15) is 0 Å². The number of hydrogen-bond acceptors (Lipinski definition) is 2. The van der Waals surface area contributed by atoms with Gasteiger partial charge in [-0.25, -0.2) is 0 Å². The molecule has 0 spiro atoms. The van der Waals surface area contributed by atoms with E-state index in [2.05, 4.69) is 40.1 Å². The van der Waals surface area contributed by atoms with Crippen LogP contribution in [-0.2, 0) is 6.42 Å². The first-order chi connectivity index (χ1) is 10.4. The van der Waals surface area contributed by atoms with Gasteiger partial charge < -0.3 is 9.80 Å². The highest BCUT2D eigenvalue weighted by molar-refractivity contribution is 5.14. The van der Waals surface area contributed by atoms with Crippen LogP contribution in [0, 0.1) is 5.92 Å². The van der Waals surface area contributed by atoms with E-state index >= 15 is 0 Å². The molecule has 2 aliphatic heterocycles. The summed E-state index contributed by atoms with van der Waals surface area (Å²) in [4.78, 5) is 5.41. The molecule has 2 heteroatoms. The first kappa shape index (κ1) is 15.1. The third-order valence-corrected chi connectivity index (χ3v) is 5.10. The molecule has 0 aromatic heterocycles. The minimum atomic E-state index is 0.925. The molecular weight excluding hydrogens is 256 g/mol.